The number of ketones is 1. The summed E-state index contributed by atoms with van der Waals surface area (Å²) in [6.45, 7) is 1.84. The molecule has 1 heterocycles. The molecule has 31 heavy (non-hydrogen) atoms. The molecule has 0 N–H and O–H groups in total. The second-order valence-corrected chi connectivity index (χ2v) is 8.23. The fourth-order valence-corrected chi connectivity index (χ4v) is 4.22. The van der Waals surface area contributed by atoms with Crippen LogP contribution in [0.5, 0.6) is 0 Å². The molecule has 1 aliphatic carbocycles. The molecule has 1 fully saturated rings. The van der Waals surface area contributed by atoms with Crippen LogP contribution < -0.4 is 0 Å². The molecule has 3 aromatic rings. The first-order chi connectivity index (χ1) is 15.0. The molecule has 160 valence electrons. The third-order valence-corrected chi connectivity index (χ3v) is 6.09. The Kier molecular flexibility index (Phi) is 6.23. The van der Waals surface area contributed by atoms with Crippen LogP contribution in [0.1, 0.15) is 69.0 Å². The van der Waals surface area contributed by atoms with Crippen molar-refractivity contribution < 1.29 is 23.2 Å². The lowest BCUT2D eigenvalue weighted by molar-refractivity contribution is 0.0512. The minimum Gasteiger partial charge on any atom is -0.461 e. The molecule has 7 heteroatoms. The standard InChI is InChI=1S/C24H22FNO4S/c1-3-29-24(28)21-20(23(30-26-21)14-8-9-14)22(27)18-11-10-17(25)13-16(18)12-15-6-4-5-7-19(15)31-2/h4-7,10-11,13-14H,3,8-9,12H2,1-2H3. The largest absolute Gasteiger partial charge is 0.461 e. The summed E-state index contributed by atoms with van der Waals surface area (Å²) in [5.74, 6) is -1.05. The Balaban J connectivity index is 1.78. The van der Waals surface area contributed by atoms with Crippen LogP contribution in [0, 0.1) is 5.82 Å². The Morgan fingerprint density at radius 2 is 1.97 bits per heavy atom. The maximum atomic E-state index is 14.1. The van der Waals surface area contributed by atoms with E-state index in [9.17, 15) is 14.0 Å². The molecule has 0 amide bonds. The number of esters is 1. The van der Waals surface area contributed by atoms with Crippen molar-refractivity contribution >= 4 is 23.5 Å². The van der Waals surface area contributed by atoms with Crippen LogP contribution in [-0.2, 0) is 11.2 Å². The van der Waals surface area contributed by atoms with Gasteiger partial charge in [0.1, 0.15) is 11.4 Å². The lowest BCUT2D eigenvalue weighted by atomic mass is 9.92. The minimum atomic E-state index is -0.696. The van der Waals surface area contributed by atoms with Crippen molar-refractivity contribution in [2.24, 2.45) is 0 Å². The van der Waals surface area contributed by atoms with Gasteiger partial charge in [-0.3, -0.25) is 4.79 Å². The lowest BCUT2D eigenvalue weighted by Crippen LogP contribution is -2.15. The summed E-state index contributed by atoms with van der Waals surface area (Å²) >= 11 is 1.59. The topological polar surface area (TPSA) is 69.4 Å². The quantitative estimate of drug-likeness (QED) is 0.265. The molecule has 0 bridgehead atoms. The zero-order valence-electron chi connectivity index (χ0n) is 17.3. The Hall–Kier alpha value is -2.93. The Morgan fingerprint density at radius 1 is 1.19 bits per heavy atom. The third kappa shape index (κ3) is 4.42. The van der Waals surface area contributed by atoms with Gasteiger partial charge < -0.3 is 9.26 Å². The highest BCUT2D eigenvalue weighted by molar-refractivity contribution is 7.98. The van der Waals surface area contributed by atoms with E-state index < -0.39 is 17.6 Å². The summed E-state index contributed by atoms with van der Waals surface area (Å²) in [5.41, 5.74) is 1.88. The number of halogens is 1. The van der Waals surface area contributed by atoms with Gasteiger partial charge >= 0.3 is 5.97 Å². The molecule has 0 radical (unpaired) electrons. The normalized spacial score (nSPS) is 13.3. The van der Waals surface area contributed by atoms with E-state index in [2.05, 4.69) is 5.16 Å². The molecule has 0 atom stereocenters. The SMILES string of the molecule is CCOC(=O)c1noc(C2CC2)c1C(=O)c1ccc(F)cc1Cc1ccccc1SC. The van der Waals surface area contributed by atoms with E-state index in [-0.39, 0.29) is 23.8 Å². The molecule has 0 spiro atoms. The van der Waals surface area contributed by atoms with Crippen molar-refractivity contribution in [3.05, 3.63) is 82.0 Å². The van der Waals surface area contributed by atoms with Gasteiger partial charge in [-0.15, -0.1) is 11.8 Å². The van der Waals surface area contributed by atoms with Crippen molar-refractivity contribution in [3.8, 4) is 0 Å². The lowest BCUT2D eigenvalue weighted by Gasteiger charge is -2.12. The van der Waals surface area contributed by atoms with Gasteiger partial charge in [0.15, 0.2) is 11.5 Å². The van der Waals surface area contributed by atoms with E-state index in [1.54, 1.807) is 18.7 Å². The molecule has 1 saturated carbocycles. The Labute approximate surface area is 184 Å². The van der Waals surface area contributed by atoms with E-state index in [0.717, 1.165) is 23.3 Å². The van der Waals surface area contributed by atoms with E-state index in [1.807, 2.05) is 30.5 Å². The van der Waals surface area contributed by atoms with Crippen LogP contribution in [-0.4, -0.2) is 29.8 Å². The van der Waals surface area contributed by atoms with E-state index >= 15 is 0 Å². The van der Waals surface area contributed by atoms with Gasteiger partial charge in [0.25, 0.3) is 0 Å². The van der Waals surface area contributed by atoms with Crippen molar-refractivity contribution in [2.45, 2.75) is 37.0 Å². The number of carbonyl (C=O) groups excluding carboxylic acids is 2. The first-order valence-electron chi connectivity index (χ1n) is 10.1. The molecule has 0 aliphatic heterocycles. The van der Waals surface area contributed by atoms with Crippen molar-refractivity contribution in [3.63, 3.8) is 0 Å². The minimum absolute atomic E-state index is 0.0655. The smallest absolute Gasteiger partial charge is 0.361 e. The monoisotopic (exact) mass is 439 g/mol. The second-order valence-electron chi connectivity index (χ2n) is 7.38. The molecule has 1 aromatic heterocycles. The highest BCUT2D eigenvalue weighted by Crippen LogP contribution is 2.43. The Morgan fingerprint density at radius 3 is 2.68 bits per heavy atom. The maximum Gasteiger partial charge on any atom is 0.361 e. The zero-order chi connectivity index (χ0) is 22.0. The maximum absolute atomic E-state index is 14.1. The fraction of sp³-hybridized carbons (Fsp3) is 0.292. The zero-order valence-corrected chi connectivity index (χ0v) is 18.1. The highest BCUT2D eigenvalue weighted by atomic mass is 32.2. The van der Waals surface area contributed by atoms with Gasteiger partial charge in [-0.1, -0.05) is 23.4 Å². The number of thioether (sulfide) groups is 1. The molecule has 2 aromatic carbocycles. The van der Waals surface area contributed by atoms with Crippen LogP contribution >= 0.6 is 11.8 Å². The molecular formula is C24H22FNO4S. The first-order valence-corrected chi connectivity index (χ1v) is 11.4. The van der Waals surface area contributed by atoms with Gasteiger partial charge in [0, 0.05) is 16.4 Å². The van der Waals surface area contributed by atoms with Crippen molar-refractivity contribution in [1.82, 2.24) is 5.16 Å². The Bertz CT molecular complexity index is 1140. The summed E-state index contributed by atoms with van der Waals surface area (Å²) in [6, 6.07) is 11.9. The first kappa shape index (κ1) is 21.3. The predicted octanol–water partition coefficient (Wildman–Crippen LogP) is 5.41. The summed E-state index contributed by atoms with van der Waals surface area (Å²) in [5, 5.41) is 3.85. The summed E-state index contributed by atoms with van der Waals surface area (Å²) in [4.78, 5) is 27.1. The van der Waals surface area contributed by atoms with Crippen LogP contribution in [0.3, 0.4) is 0 Å². The number of hydrogen-bond acceptors (Lipinski definition) is 6. The number of aromatic nitrogens is 1. The third-order valence-electron chi connectivity index (χ3n) is 5.25. The van der Waals surface area contributed by atoms with Gasteiger partial charge in [-0.25, -0.2) is 9.18 Å². The van der Waals surface area contributed by atoms with Crippen molar-refractivity contribution in [2.75, 3.05) is 12.9 Å². The molecule has 4 rings (SSSR count). The summed E-state index contributed by atoms with van der Waals surface area (Å²) in [7, 11) is 0. The van der Waals surface area contributed by atoms with Gasteiger partial charge in [0.2, 0.25) is 5.69 Å². The van der Waals surface area contributed by atoms with Crippen molar-refractivity contribution in [1.29, 1.82) is 0 Å². The van der Waals surface area contributed by atoms with E-state index in [4.69, 9.17) is 9.26 Å². The van der Waals surface area contributed by atoms with Gasteiger partial charge in [0.05, 0.1) is 6.61 Å². The van der Waals surface area contributed by atoms with E-state index in [1.165, 1.54) is 18.2 Å². The number of nitrogens with zero attached hydrogens (tertiary/aromatic N) is 1. The van der Waals surface area contributed by atoms with Crippen LogP contribution in [0.15, 0.2) is 51.9 Å². The average molecular weight is 440 g/mol. The van der Waals surface area contributed by atoms with Crippen LogP contribution in [0.25, 0.3) is 0 Å². The highest BCUT2D eigenvalue weighted by Gasteiger charge is 2.38. The molecule has 0 saturated heterocycles. The summed E-state index contributed by atoms with van der Waals surface area (Å²) in [6.07, 6.45) is 4.10. The van der Waals surface area contributed by atoms with Gasteiger partial charge in [-0.2, -0.15) is 0 Å². The molecule has 1 aliphatic rings. The fourth-order valence-electron chi connectivity index (χ4n) is 3.60. The molecular weight excluding hydrogens is 417 g/mol. The number of rotatable bonds is 8. The van der Waals surface area contributed by atoms with Crippen LogP contribution in [0.2, 0.25) is 0 Å². The predicted molar refractivity (Wildman–Crippen MR) is 115 cm³/mol. The van der Waals surface area contributed by atoms with Crippen LogP contribution in [0.4, 0.5) is 4.39 Å². The number of benzene rings is 2. The average Bonchev–Trinajstić information content (AvgIpc) is 3.52. The van der Waals surface area contributed by atoms with Gasteiger partial charge in [-0.05, 0) is 67.8 Å². The second kappa shape index (κ2) is 9.06. The number of hydrogen-bond donors (Lipinski definition) is 0. The molecule has 0 unspecified atom stereocenters. The van der Waals surface area contributed by atoms with E-state index in [0.29, 0.717) is 23.3 Å². The summed E-state index contributed by atoms with van der Waals surface area (Å²) < 4.78 is 24.6. The number of carbonyl (C=O) groups is 2. The number of ether oxygens (including phenoxy) is 1. The molecule has 5 nitrogen and oxygen atoms in total.